The SMILES string of the molecule is Cc1[nH]nc(CO)c1S(=O)(=O)N(C)C(C)Cc1cccs1. The predicted octanol–water partition coefficient (Wildman–Crippen LogP) is 1.52. The molecule has 116 valence electrons. The first-order chi connectivity index (χ1) is 9.87. The molecule has 1 unspecified atom stereocenters. The molecule has 8 heteroatoms. The molecule has 1 atom stereocenters. The van der Waals surface area contributed by atoms with Gasteiger partial charge in [-0.2, -0.15) is 9.40 Å². The Balaban J connectivity index is 2.28. The Hall–Kier alpha value is -1.22. The number of aryl methyl sites for hydroxylation is 1. The van der Waals surface area contributed by atoms with Gasteiger partial charge in [0.15, 0.2) is 0 Å². The van der Waals surface area contributed by atoms with E-state index in [4.69, 9.17) is 0 Å². The fourth-order valence-electron chi connectivity index (χ4n) is 2.15. The third kappa shape index (κ3) is 3.18. The van der Waals surface area contributed by atoms with Gasteiger partial charge >= 0.3 is 0 Å². The highest BCUT2D eigenvalue weighted by Gasteiger charge is 2.31. The van der Waals surface area contributed by atoms with E-state index in [9.17, 15) is 13.5 Å². The second kappa shape index (κ2) is 6.27. The molecule has 6 nitrogen and oxygen atoms in total. The number of thiophene rings is 1. The van der Waals surface area contributed by atoms with Gasteiger partial charge in [-0.25, -0.2) is 8.42 Å². The molecule has 0 fully saturated rings. The summed E-state index contributed by atoms with van der Waals surface area (Å²) in [5, 5.41) is 17.7. The lowest BCUT2D eigenvalue weighted by atomic mass is 10.2. The van der Waals surface area contributed by atoms with Crippen molar-refractivity contribution < 1.29 is 13.5 Å². The maximum Gasteiger partial charge on any atom is 0.246 e. The van der Waals surface area contributed by atoms with Crippen LogP contribution in [0.4, 0.5) is 0 Å². The van der Waals surface area contributed by atoms with Crippen molar-refractivity contribution in [1.82, 2.24) is 14.5 Å². The van der Waals surface area contributed by atoms with E-state index in [0.29, 0.717) is 12.1 Å². The van der Waals surface area contributed by atoms with E-state index in [1.165, 1.54) is 4.31 Å². The van der Waals surface area contributed by atoms with E-state index in [1.807, 2.05) is 24.4 Å². The first-order valence-electron chi connectivity index (χ1n) is 6.53. The minimum Gasteiger partial charge on any atom is -0.390 e. The second-order valence-corrected chi connectivity index (χ2v) is 7.90. The molecule has 0 aliphatic carbocycles. The van der Waals surface area contributed by atoms with E-state index in [2.05, 4.69) is 10.2 Å². The summed E-state index contributed by atoms with van der Waals surface area (Å²) in [5.74, 6) is 0. The molecule has 0 aliphatic rings. The van der Waals surface area contributed by atoms with Crippen LogP contribution in [0.25, 0.3) is 0 Å². The molecule has 2 rings (SSSR count). The third-order valence-electron chi connectivity index (χ3n) is 3.45. The van der Waals surface area contributed by atoms with Crippen molar-refractivity contribution >= 4 is 21.4 Å². The van der Waals surface area contributed by atoms with Crippen molar-refractivity contribution in [2.75, 3.05) is 7.05 Å². The maximum atomic E-state index is 12.7. The van der Waals surface area contributed by atoms with Gasteiger partial charge in [-0.1, -0.05) is 6.07 Å². The van der Waals surface area contributed by atoms with Crippen molar-refractivity contribution in [3.8, 4) is 0 Å². The number of aromatic nitrogens is 2. The molecule has 0 spiro atoms. The summed E-state index contributed by atoms with van der Waals surface area (Å²) in [7, 11) is -2.13. The average Bonchev–Trinajstić information content (AvgIpc) is 3.06. The minimum absolute atomic E-state index is 0.0746. The lowest BCUT2D eigenvalue weighted by Crippen LogP contribution is -2.36. The fraction of sp³-hybridized carbons (Fsp3) is 0.462. The summed E-state index contributed by atoms with van der Waals surface area (Å²) in [6.07, 6.45) is 0.652. The molecule has 2 aromatic rings. The number of nitrogens with zero attached hydrogens (tertiary/aromatic N) is 2. The Kier molecular flexibility index (Phi) is 4.82. The van der Waals surface area contributed by atoms with Gasteiger partial charge in [-0.3, -0.25) is 5.10 Å². The molecule has 21 heavy (non-hydrogen) atoms. The van der Waals surface area contributed by atoms with Crippen LogP contribution in [0.3, 0.4) is 0 Å². The Labute approximate surface area is 128 Å². The summed E-state index contributed by atoms with van der Waals surface area (Å²) < 4.78 is 26.8. The van der Waals surface area contributed by atoms with Crippen LogP contribution >= 0.6 is 11.3 Å². The van der Waals surface area contributed by atoms with E-state index in [0.717, 1.165) is 4.88 Å². The van der Waals surface area contributed by atoms with E-state index < -0.39 is 16.6 Å². The zero-order chi connectivity index (χ0) is 15.6. The van der Waals surface area contributed by atoms with Crippen LogP contribution < -0.4 is 0 Å². The molecule has 0 saturated heterocycles. The summed E-state index contributed by atoms with van der Waals surface area (Å²) in [5.41, 5.74) is 0.594. The number of nitrogens with one attached hydrogen (secondary N) is 1. The van der Waals surface area contributed by atoms with Gasteiger partial charge in [0.1, 0.15) is 10.6 Å². The molecule has 0 radical (unpaired) electrons. The number of rotatable bonds is 6. The Morgan fingerprint density at radius 3 is 2.81 bits per heavy atom. The number of hydrogen-bond donors (Lipinski definition) is 2. The Morgan fingerprint density at radius 2 is 2.24 bits per heavy atom. The van der Waals surface area contributed by atoms with Gasteiger partial charge in [-0.05, 0) is 31.7 Å². The lowest BCUT2D eigenvalue weighted by molar-refractivity contribution is 0.272. The van der Waals surface area contributed by atoms with Crippen molar-refractivity contribution in [2.24, 2.45) is 0 Å². The number of aliphatic hydroxyl groups is 1. The zero-order valence-electron chi connectivity index (χ0n) is 12.2. The largest absolute Gasteiger partial charge is 0.390 e. The number of likely N-dealkylation sites (N-methyl/N-ethyl adjacent to an activating group) is 1. The van der Waals surface area contributed by atoms with Crippen LogP contribution in [-0.2, 0) is 23.1 Å². The molecular formula is C13H19N3O3S2. The van der Waals surface area contributed by atoms with Gasteiger partial charge in [-0.15, -0.1) is 11.3 Å². The average molecular weight is 329 g/mol. The molecule has 2 aromatic heterocycles. The molecular weight excluding hydrogens is 310 g/mol. The minimum atomic E-state index is -3.69. The summed E-state index contributed by atoms with van der Waals surface area (Å²) >= 11 is 1.61. The molecule has 0 bridgehead atoms. The van der Waals surface area contributed by atoms with Crippen molar-refractivity contribution in [3.05, 3.63) is 33.8 Å². The van der Waals surface area contributed by atoms with Gasteiger partial charge in [0.2, 0.25) is 10.0 Å². The number of H-pyrrole nitrogens is 1. The second-order valence-electron chi connectivity index (χ2n) is 4.94. The summed E-state index contributed by atoms with van der Waals surface area (Å²) in [6, 6.07) is 3.75. The van der Waals surface area contributed by atoms with Gasteiger partial charge in [0.25, 0.3) is 0 Å². The third-order valence-corrected chi connectivity index (χ3v) is 6.52. The highest BCUT2D eigenvalue weighted by atomic mass is 32.2. The molecule has 0 saturated carbocycles. The fourth-order valence-corrected chi connectivity index (χ4v) is 4.65. The van der Waals surface area contributed by atoms with Crippen molar-refractivity contribution in [2.45, 2.75) is 37.8 Å². The number of aromatic amines is 1. The van der Waals surface area contributed by atoms with Crippen molar-refractivity contribution in [1.29, 1.82) is 0 Å². The van der Waals surface area contributed by atoms with Crippen LogP contribution in [0.2, 0.25) is 0 Å². The summed E-state index contributed by atoms with van der Waals surface area (Å²) in [6.45, 7) is 3.09. The first kappa shape index (κ1) is 16.2. The quantitative estimate of drug-likeness (QED) is 0.841. The van der Waals surface area contributed by atoms with Gasteiger partial charge < -0.3 is 5.11 Å². The Morgan fingerprint density at radius 1 is 1.52 bits per heavy atom. The molecule has 0 aliphatic heterocycles. The predicted molar refractivity (Wildman–Crippen MR) is 81.7 cm³/mol. The van der Waals surface area contributed by atoms with Crippen LogP contribution in [-0.4, -0.2) is 41.1 Å². The zero-order valence-corrected chi connectivity index (χ0v) is 13.8. The smallest absolute Gasteiger partial charge is 0.246 e. The van der Waals surface area contributed by atoms with Gasteiger partial charge in [0.05, 0.1) is 12.3 Å². The monoisotopic (exact) mass is 329 g/mol. The Bertz CT molecular complexity index is 692. The summed E-state index contributed by atoms with van der Waals surface area (Å²) in [4.78, 5) is 1.21. The first-order valence-corrected chi connectivity index (χ1v) is 8.85. The number of aliphatic hydroxyl groups excluding tert-OH is 1. The number of sulfonamides is 1. The van der Waals surface area contributed by atoms with Crippen LogP contribution in [0.5, 0.6) is 0 Å². The van der Waals surface area contributed by atoms with E-state index in [-0.39, 0.29) is 16.6 Å². The molecule has 2 N–H and O–H groups in total. The van der Waals surface area contributed by atoms with Crippen LogP contribution in [0.15, 0.2) is 22.4 Å². The molecule has 0 amide bonds. The van der Waals surface area contributed by atoms with E-state index in [1.54, 1.807) is 25.3 Å². The van der Waals surface area contributed by atoms with Crippen LogP contribution in [0, 0.1) is 6.92 Å². The van der Waals surface area contributed by atoms with Crippen LogP contribution in [0.1, 0.15) is 23.2 Å². The molecule has 2 heterocycles. The lowest BCUT2D eigenvalue weighted by Gasteiger charge is -2.24. The highest BCUT2D eigenvalue weighted by molar-refractivity contribution is 7.89. The topological polar surface area (TPSA) is 86.3 Å². The molecule has 0 aromatic carbocycles. The standard InChI is InChI=1S/C13H19N3O3S2/c1-9(7-11-5-4-6-20-11)16(3)21(18,19)13-10(2)14-15-12(13)8-17/h4-6,9,17H,7-8H2,1-3H3,(H,14,15). The normalized spacial score (nSPS) is 13.8. The highest BCUT2D eigenvalue weighted by Crippen LogP contribution is 2.24. The van der Waals surface area contributed by atoms with E-state index >= 15 is 0 Å². The van der Waals surface area contributed by atoms with Gasteiger partial charge in [0, 0.05) is 18.0 Å². The maximum absolute atomic E-state index is 12.7. The number of hydrogen-bond acceptors (Lipinski definition) is 5. The van der Waals surface area contributed by atoms with Crippen molar-refractivity contribution in [3.63, 3.8) is 0 Å².